The minimum Gasteiger partial charge on any atom is -0.299 e. The first-order valence-corrected chi connectivity index (χ1v) is 12.5. The summed E-state index contributed by atoms with van der Waals surface area (Å²) in [6.07, 6.45) is 1.53. The molecular weight excluding hydrogens is 420 g/mol. The Hall–Kier alpha value is -2.34. The van der Waals surface area contributed by atoms with E-state index >= 15 is 0 Å². The van der Waals surface area contributed by atoms with Gasteiger partial charge in [-0.1, -0.05) is 56.3 Å². The number of fused-ring (bicyclic) bond motifs is 2. The molecule has 0 atom stereocenters. The molecule has 2 aromatic heterocycles. The van der Waals surface area contributed by atoms with Crippen LogP contribution < -0.4 is 0 Å². The quantitative estimate of drug-likeness (QED) is 0.346. The third-order valence-electron chi connectivity index (χ3n) is 5.94. The smallest absolute Gasteiger partial charge is 0.140 e. The fourth-order valence-corrected chi connectivity index (χ4v) is 6.74. The first kappa shape index (κ1) is 20.6. The Kier molecular flexibility index (Phi) is 5.74. The van der Waals surface area contributed by atoms with Crippen LogP contribution in [0, 0.1) is 5.92 Å². The minimum atomic E-state index is 0.0527. The molecule has 3 heterocycles. The van der Waals surface area contributed by atoms with Crippen molar-refractivity contribution in [3.05, 3.63) is 75.5 Å². The number of para-hydroxylation sites is 1. The van der Waals surface area contributed by atoms with E-state index in [-0.39, 0.29) is 5.92 Å². The van der Waals surface area contributed by atoms with Crippen LogP contribution in [0.5, 0.6) is 0 Å². The van der Waals surface area contributed by atoms with Crippen LogP contribution >= 0.6 is 22.7 Å². The highest BCUT2D eigenvalue weighted by molar-refractivity contribution is 7.22. The van der Waals surface area contributed by atoms with Gasteiger partial charge < -0.3 is 0 Å². The van der Waals surface area contributed by atoms with Crippen molar-refractivity contribution in [2.75, 3.05) is 6.54 Å². The molecule has 0 spiro atoms. The van der Waals surface area contributed by atoms with Gasteiger partial charge in [-0.15, -0.1) is 22.7 Å². The summed E-state index contributed by atoms with van der Waals surface area (Å²) in [6.45, 7) is 6.94. The molecule has 31 heavy (non-hydrogen) atoms. The maximum atomic E-state index is 12.7. The summed E-state index contributed by atoms with van der Waals surface area (Å²) >= 11 is 3.58. The van der Waals surface area contributed by atoms with Crippen molar-refractivity contribution in [3.8, 4) is 10.6 Å². The Morgan fingerprint density at radius 2 is 1.84 bits per heavy atom. The summed E-state index contributed by atoms with van der Waals surface area (Å²) in [6, 6.07) is 19.0. The van der Waals surface area contributed by atoms with Gasteiger partial charge in [-0.05, 0) is 29.7 Å². The van der Waals surface area contributed by atoms with Gasteiger partial charge >= 0.3 is 0 Å². The molecular formula is C26H26N2OS2. The number of carbonyl (C=O) groups excluding carboxylic acids is 1. The number of hydrogen-bond acceptors (Lipinski definition) is 5. The molecule has 0 amide bonds. The minimum absolute atomic E-state index is 0.0527. The molecule has 0 saturated heterocycles. The SMILES string of the molecule is CC(C)C(=O)Cc1sc2c(c1-c1nc3ccccc3s1)CCN(Cc1ccccc1)C2. The molecule has 4 aromatic rings. The number of thiophene rings is 1. The zero-order valence-corrected chi connectivity index (χ0v) is 19.6. The molecule has 0 bridgehead atoms. The summed E-state index contributed by atoms with van der Waals surface area (Å²) in [5.74, 6) is 0.360. The van der Waals surface area contributed by atoms with Crippen LogP contribution in [0.4, 0.5) is 0 Å². The molecule has 1 aliphatic rings. The molecule has 0 N–H and O–H groups in total. The largest absolute Gasteiger partial charge is 0.299 e. The van der Waals surface area contributed by atoms with Crippen LogP contribution in [0.25, 0.3) is 20.8 Å². The van der Waals surface area contributed by atoms with Gasteiger partial charge in [0.05, 0.1) is 10.2 Å². The number of nitrogens with zero attached hydrogens (tertiary/aromatic N) is 2. The normalized spacial score (nSPS) is 14.3. The maximum Gasteiger partial charge on any atom is 0.140 e. The van der Waals surface area contributed by atoms with Gasteiger partial charge in [0.25, 0.3) is 0 Å². The van der Waals surface area contributed by atoms with E-state index in [1.807, 2.05) is 31.3 Å². The number of carbonyl (C=O) groups is 1. The first-order chi connectivity index (χ1) is 15.1. The van der Waals surface area contributed by atoms with Crippen molar-refractivity contribution < 1.29 is 4.79 Å². The van der Waals surface area contributed by atoms with Crippen molar-refractivity contribution in [1.82, 2.24) is 9.88 Å². The van der Waals surface area contributed by atoms with Gasteiger partial charge in [0.1, 0.15) is 10.8 Å². The monoisotopic (exact) mass is 446 g/mol. The Balaban J connectivity index is 1.51. The lowest BCUT2D eigenvalue weighted by atomic mass is 9.98. The molecule has 0 saturated carbocycles. The lowest BCUT2D eigenvalue weighted by Gasteiger charge is -2.27. The molecule has 2 aromatic carbocycles. The van der Waals surface area contributed by atoms with E-state index in [1.54, 1.807) is 11.3 Å². The van der Waals surface area contributed by atoms with Crippen LogP contribution in [0.15, 0.2) is 54.6 Å². The molecule has 0 unspecified atom stereocenters. The molecule has 158 valence electrons. The van der Waals surface area contributed by atoms with Crippen LogP contribution in [0.3, 0.4) is 0 Å². The lowest BCUT2D eigenvalue weighted by Crippen LogP contribution is -2.29. The summed E-state index contributed by atoms with van der Waals surface area (Å²) < 4.78 is 1.21. The fraction of sp³-hybridized carbons (Fsp3) is 0.308. The van der Waals surface area contributed by atoms with Gasteiger partial charge in [-0.3, -0.25) is 9.69 Å². The van der Waals surface area contributed by atoms with E-state index in [4.69, 9.17) is 4.98 Å². The van der Waals surface area contributed by atoms with Gasteiger partial charge in [0, 0.05) is 47.3 Å². The van der Waals surface area contributed by atoms with E-state index in [0.29, 0.717) is 12.2 Å². The molecule has 3 nitrogen and oxygen atoms in total. The number of hydrogen-bond donors (Lipinski definition) is 0. The first-order valence-electron chi connectivity index (χ1n) is 10.9. The molecule has 1 aliphatic heterocycles. The highest BCUT2D eigenvalue weighted by atomic mass is 32.1. The Bertz CT molecular complexity index is 1190. The average molecular weight is 447 g/mol. The second-order valence-corrected chi connectivity index (χ2v) is 10.8. The van der Waals surface area contributed by atoms with Crippen molar-refractivity contribution in [2.45, 2.75) is 39.8 Å². The highest BCUT2D eigenvalue weighted by Gasteiger charge is 2.28. The topological polar surface area (TPSA) is 33.2 Å². The van der Waals surface area contributed by atoms with Crippen molar-refractivity contribution >= 4 is 38.7 Å². The third-order valence-corrected chi connectivity index (χ3v) is 8.21. The molecule has 5 heteroatoms. The van der Waals surface area contributed by atoms with Crippen LogP contribution in [-0.2, 0) is 30.7 Å². The van der Waals surface area contributed by atoms with E-state index in [0.717, 1.165) is 36.6 Å². The van der Waals surface area contributed by atoms with E-state index in [2.05, 4.69) is 53.4 Å². The Morgan fingerprint density at radius 3 is 2.61 bits per heavy atom. The van der Waals surface area contributed by atoms with Crippen LogP contribution in [0.1, 0.15) is 34.7 Å². The Labute approximate surface area is 191 Å². The number of ketones is 1. The van der Waals surface area contributed by atoms with Crippen molar-refractivity contribution in [2.24, 2.45) is 5.92 Å². The standard InChI is InChI=1S/C26H26N2OS2/c1-17(2)21(29)14-23-25(26-27-20-10-6-7-11-22(20)31-26)19-12-13-28(16-24(19)30-23)15-18-8-4-3-5-9-18/h3-11,17H,12-16H2,1-2H3. The summed E-state index contributed by atoms with van der Waals surface area (Å²) in [4.78, 5) is 22.8. The van der Waals surface area contributed by atoms with Gasteiger partial charge in [-0.25, -0.2) is 4.98 Å². The zero-order valence-electron chi connectivity index (χ0n) is 17.9. The van der Waals surface area contributed by atoms with Crippen molar-refractivity contribution in [3.63, 3.8) is 0 Å². The summed E-state index contributed by atoms with van der Waals surface area (Å²) in [5, 5.41) is 1.07. The predicted octanol–water partition coefficient (Wildman–Crippen LogP) is 6.35. The molecule has 5 rings (SSSR count). The maximum absolute atomic E-state index is 12.7. The van der Waals surface area contributed by atoms with Crippen LogP contribution in [0.2, 0.25) is 0 Å². The van der Waals surface area contributed by atoms with Gasteiger partial charge in [0.2, 0.25) is 0 Å². The number of Topliss-reactive ketones (excluding diaryl/α,β-unsaturated/α-hetero) is 1. The number of thiazole rings is 1. The molecule has 0 fully saturated rings. The Morgan fingerprint density at radius 1 is 1.06 bits per heavy atom. The van der Waals surface area contributed by atoms with E-state index in [9.17, 15) is 4.79 Å². The highest BCUT2D eigenvalue weighted by Crippen LogP contribution is 2.43. The number of benzene rings is 2. The zero-order chi connectivity index (χ0) is 21.4. The lowest BCUT2D eigenvalue weighted by molar-refractivity contribution is -0.121. The van der Waals surface area contributed by atoms with E-state index < -0.39 is 0 Å². The fourth-order valence-electron chi connectivity index (χ4n) is 4.20. The summed E-state index contributed by atoms with van der Waals surface area (Å²) in [5.41, 5.74) is 5.06. The predicted molar refractivity (Wildman–Crippen MR) is 131 cm³/mol. The van der Waals surface area contributed by atoms with Crippen LogP contribution in [-0.4, -0.2) is 22.2 Å². The van der Waals surface area contributed by atoms with Crippen molar-refractivity contribution in [1.29, 1.82) is 0 Å². The number of aromatic nitrogens is 1. The molecule has 0 radical (unpaired) electrons. The second kappa shape index (κ2) is 8.65. The average Bonchev–Trinajstić information content (AvgIpc) is 3.34. The third kappa shape index (κ3) is 4.22. The van der Waals surface area contributed by atoms with Gasteiger partial charge in [0.15, 0.2) is 0 Å². The second-order valence-electron chi connectivity index (χ2n) is 8.53. The van der Waals surface area contributed by atoms with Gasteiger partial charge in [-0.2, -0.15) is 0 Å². The summed E-state index contributed by atoms with van der Waals surface area (Å²) in [7, 11) is 0. The van der Waals surface area contributed by atoms with E-state index in [1.165, 1.54) is 31.1 Å². The molecule has 0 aliphatic carbocycles. The number of rotatable bonds is 6.